The number of hydrogen-bond acceptors (Lipinski definition) is 9. The van der Waals surface area contributed by atoms with Crippen LogP contribution in [0.1, 0.15) is 72.1 Å². The van der Waals surface area contributed by atoms with Gasteiger partial charge in [0.1, 0.15) is 11.5 Å². The number of nitrogens with zero attached hydrogens (tertiary/aromatic N) is 1. The molecule has 1 aromatic carbocycles. The number of esters is 1. The lowest BCUT2D eigenvalue weighted by Gasteiger charge is -2.14. The molecule has 228 valence electrons. The topological polar surface area (TPSA) is 162 Å². The van der Waals surface area contributed by atoms with E-state index in [1.807, 2.05) is 37.3 Å². The normalized spacial score (nSPS) is 14.6. The molecule has 0 spiro atoms. The first-order valence-corrected chi connectivity index (χ1v) is 17.5. The van der Waals surface area contributed by atoms with Gasteiger partial charge in [0.2, 0.25) is 15.7 Å². The Morgan fingerprint density at radius 3 is 2.40 bits per heavy atom. The number of ether oxygens (including phenoxy) is 1. The summed E-state index contributed by atoms with van der Waals surface area (Å²) in [5, 5.41) is 1.92. The minimum absolute atomic E-state index is 0.0406. The lowest BCUT2D eigenvalue weighted by Crippen LogP contribution is -2.32. The van der Waals surface area contributed by atoms with Crippen molar-refractivity contribution < 1.29 is 35.6 Å². The minimum Gasteiger partial charge on any atom is -0.465 e. The van der Waals surface area contributed by atoms with Crippen LogP contribution in [0.15, 0.2) is 34.7 Å². The number of unbranched alkanes of at least 4 members (excludes halogenated alkanes) is 1. The largest absolute Gasteiger partial charge is 0.465 e. The van der Waals surface area contributed by atoms with Crippen molar-refractivity contribution in [3.8, 4) is 11.3 Å². The van der Waals surface area contributed by atoms with E-state index in [4.69, 9.17) is 9.15 Å². The van der Waals surface area contributed by atoms with E-state index in [1.54, 1.807) is 14.0 Å². The molecule has 0 aliphatic heterocycles. The smallest absolute Gasteiger partial charge is 0.324 e. The van der Waals surface area contributed by atoms with E-state index in [1.165, 1.54) is 0 Å². The monoisotopic (exact) mass is 619 g/mol. The maximum atomic E-state index is 13.0. The Labute approximate surface area is 246 Å². The number of benzene rings is 1. The van der Waals surface area contributed by atoms with E-state index in [0.29, 0.717) is 40.8 Å². The number of aromatic nitrogens is 1. The highest BCUT2D eigenvalue weighted by atomic mass is 32.2. The van der Waals surface area contributed by atoms with Crippen LogP contribution in [0.25, 0.3) is 22.4 Å². The number of sulfonamides is 1. The van der Waals surface area contributed by atoms with Crippen LogP contribution in [0.4, 0.5) is 0 Å². The van der Waals surface area contributed by atoms with Gasteiger partial charge in [-0.3, -0.25) is 9.59 Å². The summed E-state index contributed by atoms with van der Waals surface area (Å²) in [5.74, 6) is -0.974. The van der Waals surface area contributed by atoms with Crippen LogP contribution in [0.5, 0.6) is 0 Å². The Kier molecular flexibility index (Phi) is 9.74. The van der Waals surface area contributed by atoms with Crippen LogP contribution in [-0.2, 0) is 35.1 Å². The van der Waals surface area contributed by atoms with Gasteiger partial charge in [0.25, 0.3) is 5.91 Å². The predicted molar refractivity (Wildman–Crippen MR) is 159 cm³/mol. The van der Waals surface area contributed by atoms with Crippen LogP contribution in [0, 0.1) is 6.92 Å². The fraction of sp³-hybridized carbons (Fsp3) is 0.483. The third-order valence-corrected chi connectivity index (χ3v) is 9.95. The van der Waals surface area contributed by atoms with Crippen molar-refractivity contribution in [2.45, 2.75) is 62.9 Å². The van der Waals surface area contributed by atoms with Crippen molar-refractivity contribution in [2.75, 3.05) is 26.5 Å². The van der Waals surface area contributed by atoms with Crippen LogP contribution >= 0.6 is 0 Å². The predicted octanol–water partition coefficient (Wildman–Crippen LogP) is 3.61. The lowest BCUT2D eigenvalue weighted by atomic mass is 10.0. The van der Waals surface area contributed by atoms with Gasteiger partial charge in [-0.25, -0.2) is 26.5 Å². The number of pyridine rings is 1. The van der Waals surface area contributed by atoms with Gasteiger partial charge in [-0.05, 0) is 57.1 Å². The average molecular weight is 620 g/mol. The number of furan rings is 1. The molecule has 3 aromatic rings. The number of nitrogens with one attached hydrogen (secondary N) is 2. The van der Waals surface area contributed by atoms with Gasteiger partial charge >= 0.3 is 5.97 Å². The summed E-state index contributed by atoms with van der Waals surface area (Å²) in [6, 6.07) is 9.39. The fourth-order valence-electron chi connectivity index (χ4n) is 4.85. The summed E-state index contributed by atoms with van der Waals surface area (Å²) in [4.78, 5) is 29.6. The number of carbonyl (C=O) groups excluding carboxylic acids is 2. The molecule has 1 saturated carbocycles. The summed E-state index contributed by atoms with van der Waals surface area (Å²) >= 11 is 0. The van der Waals surface area contributed by atoms with Crippen molar-refractivity contribution in [3.63, 3.8) is 0 Å². The van der Waals surface area contributed by atoms with Crippen molar-refractivity contribution in [1.29, 1.82) is 0 Å². The summed E-state index contributed by atoms with van der Waals surface area (Å²) in [7, 11) is -5.92. The SMILES string of the molecule is CCOC(=O)C(CCCCNS(=O)(=O)Cc1nc2oc(-c3ccc(C)cc3)c(C(=O)NC)c2cc1C1CC1)S(C)(=O)=O. The Balaban J connectivity index is 1.52. The number of amides is 1. The molecule has 42 heavy (non-hydrogen) atoms. The van der Waals surface area contributed by atoms with Crippen LogP contribution in [0.2, 0.25) is 0 Å². The molecule has 1 aliphatic carbocycles. The molecule has 2 N–H and O–H groups in total. The van der Waals surface area contributed by atoms with Crippen molar-refractivity contribution in [1.82, 2.24) is 15.0 Å². The van der Waals surface area contributed by atoms with E-state index in [2.05, 4.69) is 15.0 Å². The summed E-state index contributed by atoms with van der Waals surface area (Å²) < 4.78 is 63.6. The second kappa shape index (κ2) is 12.9. The van der Waals surface area contributed by atoms with Crippen LogP contribution < -0.4 is 10.0 Å². The first kappa shape index (κ1) is 31.6. The highest BCUT2D eigenvalue weighted by molar-refractivity contribution is 7.92. The first-order chi connectivity index (χ1) is 19.8. The van der Waals surface area contributed by atoms with Gasteiger partial charge in [-0.1, -0.05) is 36.2 Å². The summed E-state index contributed by atoms with van der Waals surface area (Å²) in [6.07, 6.45) is 3.46. The number of sulfone groups is 1. The Bertz CT molecular complexity index is 1680. The maximum absolute atomic E-state index is 13.0. The number of carbonyl (C=O) groups is 2. The molecule has 11 nitrogen and oxygen atoms in total. The van der Waals surface area contributed by atoms with E-state index < -0.39 is 31.1 Å². The van der Waals surface area contributed by atoms with E-state index >= 15 is 0 Å². The highest BCUT2D eigenvalue weighted by Crippen LogP contribution is 2.44. The molecule has 0 saturated heterocycles. The summed E-state index contributed by atoms with van der Waals surface area (Å²) in [5.41, 5.74) is 3.45. The molecule has 0 radical (unpaired) electrons. The van der Waals surface area contributed by atoms with Gasteiger partial charge < -0.3 is 14.5 Å². The number of rotatable bonds is 14. The summed E-state index contributed by atoms with van der Waals surface area (Å²) in [6.45, 7) is 3.71. The first-order valence-electron chi connectivity index (χ1n) is 13.9. The maximum Gasteiger partial charge on any atom is 0.324 e. The minimum atomic E-state index is -3.81. The lowest BCUT2D eigenvalue weighted by molar-refractivity contribution is -0.142. The third-order valence-electron chi connectivity index (χ3n) is 7.19. The Hall–Kier alpha value is -3.29. The second-order valence-corrected chi connectivity index (χ2v) is 14.7. The number of fused-ring (bicyclic) bond motifs is 1. The number of aryl methyl sites for hydroxylation is 1. The van der Waals surface area contributed by atoms with Crippen molar-refractivity contribution in [2.24, 2.45) is 0 Å². The van der Waals surface area contributed by atoms with Gasteiger partial charge in [-0.2, -0.15) is 0 Å². The molecule has 2 aromatic heterocycles. The second-order valence-electron chi connectivity index (χ2n) is 10.6. The molecule has 1 aliphatic rings. The molecular formula is C29H37N3O8S2. The molecule has 1 atom stereocenters. The molecular weight excluding hydrogens is 582 g/mol. The zero-order valence-electron chi connectivity index (χ0n) is 24.2. The fourth-order valence-corrected chi connectivity index (χ4v) is 7.01. The zero-order chi connectivity index (χ0) is 30.7. The van der Waals surface area contributed by atoms with Crippen LogP contribution in [-0.4, -0.2) is 65.4 Å². The van der Waals surface area contributed by atoms with Crippen LogP contribution in [0.3, 0.4) is 0 Å². The average Bonchev–Trinajstić information content (AvgIpc) is 3.70. The molecule has 1 fully saturated rings. The molecule has 13 heteroatoms. The molecule has 2 heterocycles. The van der Waals surface area contributed by atoms with E-state index in [-0.39, 0.29) is 42.9 Å². The third kappa shape index (κ3) is 7.56. The Morgan fingerprint density at radius 2 is 1.81 bits per heavy atom. The quantitative estimate of drug-likeness (QED) is 0.203. The zero-order valence-corrected chi connectivity index (χ0v) is 25.9. The van der Waals surface area contributed by atoms with Crippen molar-refractivity contribution >= 4 is 42.8 Å². The van der Waals surface area contributed by atoms with Crippen molar-refractivity contribution in [3.05, 3.63) is 52.7 Å². The molecule has 1 amide bonds. The molecule has 4 rings (SSSR count). The van der Waals surface area contributed by atoms with Gasteiger partial charge in [-0.15, -0.1) is 0 Å². The number of hydrogen-bond donors (Lipinski definition) is 2. The molecule has 0 bridgehead atoms. The van der Waals surface area contributed by atoms with E-state index in [0.717, 1.165) is 30.2 Å². The highest BCUT2D eigenvalue weighted by Gasteiger charge is 2.32. The van der Waals surface area contributed by atoms with Gasteiger partial charge in [0.15, 0.2) is 15.1 Å². The van der Waals surface area contributed by atoms with E-state index in [9.17, 15) is 26.4 Å². The van der Waals surface area contributed by atoms with Gasteiger partial charge in [0.05, 0.1) is 23.3 Å². The Morgan fingerprint density at radius 1 is 1.12 bits per heavy atom. The van der Waals surface area contributed by atoms with Gasteiger partial charge in [0, 0.05) is 25.4 Å². The standard InChI is InChI=1S/C29H37N3O8S2/c1-5-39-29(34)24(41(4,35)36)8-6-7-15-31-42(37,38)17-23-21(19-13-14-19)16-22-25(27(33)30-3)26(40-28(22)32-23)20-11-9-18(2)10-12-20/h9-12,16,19,24,31H,5-8,13-15,17H2,1-4H3,(H,30,33). The molecule has 1 unspecified atom stereocenters.